The van der Waals surface area contributed by atoms with Gasteiger partial charge in [-0.25, -0.2) is 8.78 Å². The highest BCUT2D eigenvalue weighted by molar-refractivity contribution is 5.79. The van der Waals surface area contributed by atoms with Gasteiger partial charge in [-0.05, 0) is 84.6 Å². The molecular weight excluding hydrogens is 438 g/mol. The third kappa shape index (κ3) is 6.07. The molecule has 0 amide bonds. The summed E-state index contributed by atoms with van der Waals surface area (Å²) in [6.07, 6.45) is 4.59. The standard InChI is InChI=1S/C20H21N.C11H13F2N/c1-16(18-9-4-3-5-10-18)19-11-8-12-20(15-19)17(2)21-13-6-7-14-21;1-6-4-10(13)8(5-9(6)12)11(14)7-2-3-7/h3-5,8-12,15H,1-2,6-7,13-14H2;4-5,7,11H,2-3,14H2,1H3. The zero-order valence-electron chi connectivity index (χ0n) is 20.4. The van der Waals surface area contributed by atoms with Gasteiger partial charge in [0.25, 0.3) is 0 Å². The van der Waals surface area contributed by atoms with Crippen molar-refractivity contribution in [3.63, 3.8) is 0 Å². The van der Waals surface area contributed by atoms with E-state index < -0.39 is 0 Å². The maximum absolute atomic E-state index is 13.4. The molecule has 1 saturated heterocycles. The van der Waals surface area contributed by atoms with E-state index in [2.05, 4.69) is 54.5 Å². The number of aryl methyl sites for hydroxylation is 1. The van der Waals surface area contributed by atoms with Crippen LogP contribution < -0.4 is 5.73 Å². The Hall–Kier alpha value is -3.24. The van der Waals surface area contributed by atoms with Crippen molar-refractivity contribution in [2.45, 2.75) is 38.6 Å². The molecule has 0 bridgehead atoms. The quantitative estimate of drug-likeness (QED) is 0.402. The third-order valence-corrected chi connectivity index (χ3v) is 6.92. The summed E-state index contributed by atoms with van der Waals surface area (Å²) in [6, 6.07) is 21.0. The largest absolute Gasteiger partial charge is 0.372 e. The lowest BCUT2D eigenvalue weighted by Gasteiger charge is -2.21. The molecule has 2 fully saturated rings. The van der Waals surface area contributed by atoms with Gasteiger partial charge in [0, 0.05) is 30.4 Å². The Morgan fingerprint density at radius 2 is 1.49 bits per heavy atom. The maximum Gasteiger partial charge on any atom is 0.128 e. The fourth-order valence-electron chi connectivity index (χ4n) is 4.49. The number of halogens is 2. The van der Waals surface area contributed by atoms with E-state index in [0.29, 0.717) is 17.0 Å². The van der Waals surface area contributed by atoms with Crippen LogP contribution in [0.15, 0.2) is 79.9 Å². The fraction of sp³-hybridized carbons (Fsp3) is 0.290. The normalized spacial score (nSPS) is 15.8. The lowest BCUT2D eigenvalue weighted by Crippen LogP contribution is -2.16. The monoisotopic (exact) mass is 472 g/mol. The third-order valence-electron chi connectivity index (χ3n) is 6.92. The Bertz CT molecular complexity index is 1190. The van der Waals surface area contributed by atoms with E-state index in [0.717, 1.165) is 37.2 Å². The van der Waals surface area contributed by atoms with E-state index in [4.69, 9.17) is 5.73 Å². The molecule has 0 radical (unpaired) electrons. The van der Waals surface area contributed by atoms with Gasteiger partial charge in [0.2, 0.25) is 0 Å². The van der Waals surface area contributed by atoms with E-state index in [9.17, 15) is 8.78 Å². The van der Waals surface area contributed by atoms with Crippen LogP contribution in [0.2, 0.25) is 0 Å². The van der Waals surface area contributed by atoms with E-state index in [1.54, 1.807) is 6.92 Å². The number of benzene rings is 3. The summed E-state index contributed by atoms with van der Waals surface area (Å²) in [6.45, 7) is 12.3. The highest BCUT2D eigenvalue weighted by atomic mass is 19.1. The topological polar surface area (TPSA) is 29.3 Å². The van der Waals surface area contributed by atoms with Gasteiger partial charge in [-0.3, -0.25) is 0 Å². The number of nitrogens with two attached hydrogens (primary N) is 1. The van der Waals surface area contributed by atoms with Crippen molar-refractivity contribution in [1.29, 1.82) is 0 Å². The van der Waals surface area contributed by atoms with Gasteiger partial charge in [-0.2, -0.15) is 0 Å². The molecule has 35 heavy (non-hydrogen) atoms. The molecule has 1 aliphatic carbocycles. The smallest absolute Gasteiger partial charge is 0.128 e. The van der Waals surface area contributed by atoms with Gasteiger partial charge in [0.1, 0.15) is 11.6 Å². The van der Waals surface area contributed by atoms with Gasteiger partial charge < -0.3 is 10.6 Å². The SMILES string of the molecule is C=C(c1ccccc1)c1cccc(C(=C)N2CCCC2)c1.Cc1cc(F)c(C(N)C2CC2)cc1F. The first-order valence-corrected chi connectivity index (χ1v) is 12.3. The summed E-state index contributed by atoms with van der Waals surface area (Å²) in [5.41, 5.74) is 12.2. The Morgan fingerprint density at radius 3 is 2.14 bits per heavy atom. The summed E-state index contributed by atoms with van der Waals surface area (Å²) in [7, 11) is 0. The van der Waals surface area contributed by atoms with Gasteiger partial charge in [0.15, 0.2) is 0 Å². The predicted octanol–water partition coefficient (Wildman–Crippen LogP) is 7.50. The molecule has 1 aliphatic heterocycles. The van der Waals surface area contributed by atoms with Crippen LogP contribution in [0.25, 0.3) is 11.3 Å². The van der Waals surface area contributed by atoms with Crippen LogP contribution in [0.3, 0.4) is 0 Å². The van der Waals surface area contributed by atoms with Crippen molar-refractivity contribution < 1.29 is 8.78 Å². The van der Waals surface area contributed by atoms with Crippen LogP contribution in [0, 0.1) is 24.5 Å². The van der Waals surface area contributed by atoms with Gasteiger partial charge >= 0.3 is 0 Å². The van der Waals surface area contributed by atoms with E-state index in [1.807, 2.05) is 18.2 Å². The van der Waals surface area contributed by atoms with Crippen molar-refractivity contribution in [3.8, 4) is 0 Å². The molecule has 2 aliphatic rings. The van der Waals surface area contributed by atoms with Gasteiger partial charge in [0.05, 0.1) is 0 Å². The lowest BCUT2D eigenvalue weighted by molar-refractivity contribution is 0.494. The summed E-state index contributed by atoms with van der Waals surface area (Å²) < 4.78 is 26.6. The first-order chi connectivity index (χ1) is 16.8. The first kappa shape index (κ1) is 24.9. The van der Waals surface area contributed by atoms with E-state index in [-0.39, 0.29) is 17.7 Å². The molecule has 1 atom stereocenters. The number of hydrogen-bond donors (Lipinski definition) is 1. The van der Waals surface area contributed by atoms with Gasteiger partial charge in [-0.1, -0.05) is 61.7 Å². The summed E-state index contributed by atoms with van der Waals surface area (Å²) in [5.74, 6) is -0.424. The number of nitrogens with zero attached hydrogens (tertiary/aromatic N) is 1. The molecule has 1 saturated carbocycles. The van der Waals surface area contributed by atoms with Crippen LogP contribution in [0.1, 0.15) is 59.5 Å². The molecule has 3 aromatic carbocycles. The minimum Gasteiger partial charge on any atom is -0.372 e. The van der Waals surface area contributed by atoms with Crippen molar-refractivity contribution in [1.82, 2.24) is 4.90 Å². The average molecular weight is 473 g/mol. The highest BCUT2D eigenvalue weighted by Crippen LogP contribution is 2.40. The highest BCUT2D eigenvalue weighted by Gasteiger charge is 2.31. The fourth-order valence-corrected chi connectivity index (χ4v) is 4.49. The molecule has 2 nitrogen and oxygen atoms in total. The second-order valence-electron chi connectivity index (χ2n) is 9.55. The zero-order chi connectivity index (χ0) is 24.9. The molecule has 2 N–H and O–H groups in total. The Labute approximate surface area is 207 Å². The van der Waals surface area contributed by atoms with E-state index >= 15 is 0 Å². The van der Waals surface area contributed by atoms with Gasteiger partial charge in [-0.15, -0.1) is 0 Å². The second-order valence-corrected chi connectivity index (χ2v) is 9.55. The molecule has 5 rings (SSSR count). The number of hydrogen-bond acceptors (Lipinski definition) is 2. The molecule has 3 aromatic rings. The molecule has 0 spiro atoms. The number of rotatable bonds is 6. The van der Waals surface area contributed by atoms with Crippen LogP contribution in [-0.2, 0) is 0 Å². The molecule has 4 heteroatoms. The minimum absolute atomic E-state index is 0.315. The van der Waals surface area contributed by atoms with Crippen LogP contribution in [-0.4, -0.2) is 18.0 Å². The van der Waals surface area contributed by atoms with Crippen molar-refractivity contribution >= 4 is 11.3 Å². The Morgan fingerprint density at radius 1 is 0.857 bits per heavy atom. The van der Waals surface area contributed by atoms with Crippen molar-refractivity contribution in [2.24, 2.45) is 11.7 Å². The van der Waals surface area contributed by atoms with E-state index in [1.165, 1.54) is 41.7 Å². The Balaban J connectivity index is 0.000000179. The van der Waals surface area contributed by atoms with Crippen LogP contribution >= 0.6 is 0 Å². The maximum atomic E-state index is 13.4. The molecule has 1 heterocycles. The molecule has 1 unspecified atom stereocenters. The Kier molecular flexibility index (Phi) is 7.82. The molecular formula is C31H34F2N2. The van der Waals surface area contributed by atoms with Crippen molar-refractivity contribution in [2.75, 3.05) is 13.1 Å². The summed E-state index contributed by atoms with van der Waals surface area (Å²) >= 11 is 0. The summed E-state index contributed by atoms with van der Waals surface area (Å²) in [4.78, 5) is 2.38. The first-order valence-electron chi connectivity index (χ1n) is 12.3. The number of likely N-dealkylation sites (tertiary alicyclic amines) is 1. The predicted molar refractivity (Wildman–Crippen MR) is 142 cm³/mol. The molecule has 0 aromatic heterocycles. The lowest BCUT2D eigenvalue weighted by atomic mass is 9.97. The molecule has 182 valence electrons. The zero-order valence-corrected chi connectivity index (χ0v) is 20.4. The average Bonchev–Trinajstić information content (AvgIpc) is 3.59. The minimum atomic E-state index is -0.386. The summed E-state index contributed by atoms with van der Waals surface area (Å²) in [5, 5.41) is 0. The van der Waals surface area contributed by atoms with Crippen molar-refractivity contribution in [3.05, 3.63) is 119 Å². The van der Waals surface area contributed by atoms with Crippen LogP contribution in [0.4, 0.5) is 8.78 Å². The van der Waals surface area contributed by atoms with Crippen LogP contribution in [0.5, 0.6) is 0 Å². The second kappa shape index (κ2) is 11.0.